The molecule has 4 rings (SSSR count). The van der Waals surface area contributed by atoms with Gasteiger partial charge in [0.2, 0.25) is 0 Å². The van der Waals surface area contributed by atoms with E-state index >= 15 is 0 Å². The van der Waals surface area contributed by atoms with Crippen LogP contribution in [0.3, 0.4) is 0 Å². The van der Waals surface area contributed by atoms with Crippen molar-refractivity contribution in [3.8, 4) is 0 Å². The average molecular weight is 617 g/mol. The number of rotatable bonds is 8. The number of pyridine rings is 1. The molecule has 2 aliphatic rings. The van der Waals surface area contributed by atoms with Crippen molar-refractivity contribution in [3.63, 3.8) is 0 Å². The summed E-state index contributed by atoms with van der Waals surface area (Å²) in [5, 5.41) is 13.4. The summed E-state index contributed by atoms with van der Waals surface area (Å²) in [7, 11) is 0. The lowest BCUT2D eigenvalue weighted by molar-refractivity contribution is -0.152. The minimum Gasteiger partial charge on any atom is -0.481 e. The number of amides is 1. The number of halogens is 5. The third-order valence-electron chi connectivity index (χ3n) is 8.37. The Morgan fingerprint density at radius 2 is 1.76 bits per heavy atom. The molecule has 224 valence electrons. The molecule has 2 aromatic heterocycles. The first kappa shape index (κ1) is 31.3. The topological polar surface area (TPSA) is 105 Å². The molecule has 1 amide bonds. The number of Topliss-reactive ketones (excluding diaryl/α,β-unsaturated/α-hetero) is 1. The van der Waals surface area contributed by atoms with Gasteiger partial charge in [0.15, 0.2) is 11.5 Å². The van der Waals surface area contributed by atoms with Crippen LogP contribution >= 0.6 is 23.2 Å². The molecule has 0 radical (unpaired) electrons. The highest BCUT2D eigenvalue weighted by atomic mass is 35.5. The standard InChI is InChI=1S/C28H33Cl2F3N4O4/c1-16-12-20(29)22(24(30)35-16)21(38)15-36(14-17-6-4-3-5-7-17)25(39)19-13-34-37(23(19)28(31,32)33)18-8-10-27(2,11-9-18)26(40)41/h12-13,17-18H,3-11,14-15H2,1-2H3,(H,40,41). The first-order valence-electron chi connectivity index (χ1n) is 13.7. The zero-order valence-electron chi connectivity index (χ0n) is 22.9. The van der Waals surface area contributed by atoms with Crippen LogP contribution < -0.4 is 0 Å². The summed E-state index contributed by atoms with van der Waals surface area (Å²) < 4.78 is 44.3. The van der Waals surface area contributed by atoms with Crippen LogP contribution in [0.15, 0.2) is 12.3 Å². The fourth-order valence-electron chi connectivity index (χ4n) is 5.95. The third kappa shape index (κ3) is 6.88. The van der Waals surface area contributed by atoms with E-state index in [1.807, 2.05) is 0 Å². The van der Waals surface area contributed by atoms with E-state index in [1.54, 1.807) is 13.8 Å². The molecule has 2 aliphatic carbocycles. The summed E-state index contributed by atoms with van der Waals surface area (Å²) in [6, 6.07) is 0.740. The molecule has 2 aromatic rings. The second kappa shape index (κ2) is 12.3. The maximum Gasteiger partial charge on any atom is 0.433 e. The third-order valence-corrected chi connectivity index (χ3v) is 8.95. The first-order valence-corrected chi connectivity index (χ1v) is 14.5. The van der Waals surface area contributed by atoms with Crippen molar-refractivity contribution in [2.75, 3.05) is 13.1 Å². The van der Waals surface area contributed by atoms with Crippen LogP contribution in [0, 0.1) is 18.3 Å². The molecule has 0 unspecified atom stereocenters. The zero-order chi connectivity index (χ0) is 30.1. The summed E-state index contributed by atoms with van der Waals surface area (Å²) in [4.78, 5) is 44.0. The van der Waals surface area contributed by atoms with Gasteiger partial charge in [-0.3, -0.25) is 19.1 Å². The van der Waals surface area contributed by atoms with Crippen LogP contribution in [0.1, 0.15) is 103 Å². The van der Waals surface area contributed by atoms with E-state index in [0.717, 1.165) is 47.9 Å². The maximum atomic E-state index is 14.5. The Morgan fingerprint density at radius 3 is 2.32 bits per heavy atom. The lowest BCUT2D eigenvalue weighted by Gasteiger charge is -2.34. The quantitative estimate of drug-likeness (QED) is 0.252. The van der Waals surface area contributed by atoms with Crippen LogP contribution in [-0.2, 0) is 11.0 Å². The summed E-state index contributed by atoms with van der Waals surface area (Å²) >= 11 is 12.5. The number of alkyl halides is 3. The number of aryl methyl sites for hydroxylation is 1. The van der Waals surface area contributed by atoms with Gasteiger partial charge in [-0.05, 0) is 64.4 Å². The molecule has 0 saturated heterocycles. The molecule has 2 saturated carbocycles. The molecular formula is C28H33Cl2F3N4O4. The van der Waals surface area contributed by atoms with Gasteiger partial charge in [0.1, 0.15) is 5.15 Å². The van der Waals surface area contributed by atoms with Crippen molar-refractivity contribution in [3.05, 3.63) is 45.0 Å². The Hall–Kier alpha value is -2.66. The predicted molar refractivity (Wildman–Crippen MR) is 146 cm³/mol. The number of hydrogen-bond acceptors (Lipinski definition) is 5. The van der Waals surface area contributed by atoms with Gasteiger partial charge in [-0.15, -0.1) is 0 Å². The number of carbonyl (C=O) groups excluding carboxylic acids is 2. The maximum absolute atomic E-state index is 14.5. The van der Waals surface area contributed by atoms with Crippen molar-refractivity contribution in [1.82, 2.24) is 19.7 Å². The van der Waals surface area contributed by atoms with Crippen molar-refractivity contribution in [1.29, 1.82) is 0 Å². The van der Waals surface area contributed by atoms with Gasteiger partial charge in [-0.25, -0.2) is 4.98 Å². The average Bonchev–Trinajstić information content (AvgIpc) is 3.34. The summed E-state index contributed by atoms with van der Waals surface area (Å²) in [6.07, 6.45) is 1.19. The minimum absolute atomic E-state index is 0.0269. The molecule has 1 N–H and O–H groups in total. The van der Waals surface area contributed by atoms with Crippen LogP contribution in [-0.4, -0.2) is 55.5 Å². The highest BCUT2D eigenvalue weighted by Crippen LogP contribution is 2.43. The number of hydrogen-bond donors (Lipinski definition) is 1. The van der Waals surface area contributed by atoms with Crippen molar-refractivity contribution >= 4 is 40.9 Å². The number of carboxylic acids is 1. The van der Waals surface area contributed by atoms with Crippen LogP contribution in [0.2, 0.25) is 10.2 Å². The summed E-state index contributed by atoms with van der Waals surface area (Å²) in [5.74, 6) is -2.55. The predicted octanol–water partition coefficient (Wildman–Crippen LogP) is 7.02. The van der Waals surface area contributed by atoms with Gasteiger partial charge < -0.3 is 10.0 Å². The molecule has 0 aromatic carbocycles. The van der Waals surface area contributed by atoms with E-state index in [4.69, 9.17) is 23.2 Å². The lowest BCUT2D eigenvalue weighted by atomic mass is 9.74. The molecule has 2 fully saturated rings. The fourth-order valence-corrected chi connectivity index (χ4v) is 6.69. The lowest BCUT2D eigenvalue weighted by Crippen LogP contribution is -2.40. The molecule has 13 heteroatoms. The van der Waals surface area contributed by atoms with E-state index in [1.165, 1.54) is 6.07 Å². The summed E-state index contributed by atoms with van der Waals surface area (Å²) in [6.45, 7) is 2.80. The van der Waals surface area contributed by atoms with Gasteiger partial charge in [0.05, 0.1) is 40.3 Å². The number of nitrogens with zero attached hydrogens (tertiary/aromatic N) is 4. The Bertz CT molecular complexity index is 1290. The first-order chi connectivity index (χ1) is 19.2. The second-order valence-corrected chi connectivity index (χ2v) is 12.2. The van der Waals surface area contributed by atoms with Crippen molar-refractivity contribution < 1.29 is 32.7 Å². The minimum atomic E-state index is -4.91. The Balaban J connectivity index is 1.67. The van der Waals surface area contributed by atoms with Gasteiger partial charge in [-0.2, -0.15) is 18.3 Å². The molecule has 2 heterocycles. The molecule has 0 bridgehead atoms. The molecule has 0 aliphatic heterocycles. The monoisotopic (exact) mass is 616 g/mol. The fraction of sp³-hybridized carbons (Fsp3) is 0.607. The normalized spacial score (nSPS) is 22.0. The van der Waals surface area contributed by atoms with E-state index in [2.05, 4.69) is 10.1 Å². The van der Waals surface area contributed by atoms with Gasteiger partial charge in [0.25, 0.3) is 5.91 Å². The zero-order valence-corrected chi connectivity index (χ0v) is 24.5. The number of ketones is 1. The Labute approximate surface area is 246 Å². The smallest absolute Gasteiger partial charge is 0.433 e. The molecule has 0 atom stereocenters. The second-order valence-electron chi connectivity index (χ2n) is 11.5. The van der Waals surface area contributed by atoms with Crippen LogP contribution in [0.25, 0.3) is 0 Å². The number of aliphatic carboxylic acids is 1. The van der Waals surface area contributed by atoms with E-state index in [-0.39, 0.29) is 53.9 Å². The molecule has 0 spiro atoms. The van der Waals surface area contributed by atoms with Gasteiger partial charge in [0, 0.05) is 12.2 Å². The van der Waals surface area contributed by atoms with Crippen molar-refractivity contribution in [2.45, 2.75) is 83.9 Å². The molecular weight excluding hydrogens is 584 g/mol. The number of aromatic nitrogens is 3. The Kier molecular flexibility index (Phi) is 9.38. The van der Waals surface area contributed by atoms with E-state index < -0.39 is 53.1 Å². The molecule has 8 nitrogen and oxygen atoms in total. The van der Waals surface area contributed by atoms with Gasteiger partial charge in [-0.1, -0.05) is 42.5 Å². The van der Waals surface area contributed by atoms with Crippen LogP contribution in [0.4, 0.5) is 13.2 Å². The largest absolute Gasteiger partial charge is 0.481 e. The number of carbonyl (C=O) groups is 3. The van der Waals surface area contributed by atoms with Crippen LogP contribution in [0.5, 0.6) is 0 Å². The SMILES string of the molecule is Cc1cc(Cl)c(C(=O)CN(CC2CCCCC2)C(=O)c2cnn(C3CCC(C)(C(=O)O)CC3)c2C(F)(F)F)c(Cl)n1. The van der Waals surface area contributed by atoms with Gasteiger partial charge >= 0.3 is 12.1 Å². The summed E-state index contributed by atoms with van der Waals surface area (Å²) in [5.41, 5.74) is -2.46. The van der Waals surface area contributed by atoms with E-state index in [9.17, 15) is 32.7 Å². The Morgan fingerprint density at radius 1 is 1.12 bits per heavy atom. The highest BCUT2D eigenvalue weighted by Gasteiger charge is 2.45. The number of carboxylic acid groups (broad SMARTS) is 1. The van der Waals surface area contributed by atoms with Crippen molar-refractivity contribution in [2.24, 2.45) is 11.3 Å². The molecule has 41 heavy (non-hydrogen) atoms. The van der Waals surface area contributed by atoms with E-state index in [0.29, 0.717) is 5.69 Å². The highest BCUT2D eigenvalue weighted by molar-refractivity contribution is 6.39.